The molecule has 1 unspecified atom stereocenters. The molecule has 1 aromatic carbocycles. The van der Waals surface area contributed by atoms with E-state index in [1.54, 1.807) is 0 Å². The molecule has 2 heteroatoms. The van der Waals surface area contributed by atoms with Gasteiger partial charge in [-0.25, -0.2) is 0 Å². The summed E-state index contributed by atoms with van der Waals surface area (Å²) < 4.78 is 6.93. The van der Waals surface area contributed by atoms with Crippen LogP contribution in [0.15, 0.2) is 24.3 Å². The van der Waals surface area contributed by atoms with Crippen molar-refractivity contribution in [1.82, 2.24) is 0 Å². The highest BCUT2D eigenvalue weighted by Gasteiger charge is 2.01. The van der Waals surface area contributed by atoms with Crippen molar-refractivity contribution in [1.29, 1.82) is 0 Å². The van der Waals surface area contributed by atoms with Crippen molar-refractivity contribution in [3.8, 4) is 0 Å². The minimum Gasteiger partial charge on any atom is -0.376 e. The second-order valence-electron chi connectivity index (χ2n) is 3.62. The quantitative estimate of drug-likeness (QED) is 0.751. The van der Waals surface area contributed by atoms with Crippen LogP contribution in [0.25, 0.3) is 0 Å². The first-order chi connectivity index (χ1) is 6.74. The second kappa shape index (κ2) is 6.40. The molecule has 0 aliphatic rings. The summed E-state index contributed by atoms with van der Waals surface area (Å²) in [5.74, 6) is 0.663. The molecule has 0 spiro atoms. The molecule has 0 saturated heterocycles. The Morgan fingerprint density at radius 2 is 2.07 bits per heavy atom. The van der Waals surface area contributed by atoms with Gasteiger partial charge in [0.1, 0.15) is 0 Å². The van der Waals surface area contributed by atoms with E-state index in [0.717, 1.165) is 13.2 Å². The summed E-state index contributed by atoms with van der Waals surface area (Å²) in [5, 5.41) is 0. The summed E-state index contributed by atoms with van der Waals surface area (Å²) in [6.45, 7) is 6.02. The van der Waals surface area contributed by atoms with E-state index in [2.05, 4.69) is 60.7 Å². The van der Waals surface area contributed by atoms with Gasteiger partial charge in [-0.1, -0.05) is 38.5 Å². The molecule has 78 valence electrons. The van der Waals surface area contributed by atoms with E-state index < -0.39 is 0 Å². The maximum Gasteiger partial charge on any atom is 0.0727 e. The maximum atomic E-state index is 5.65. The molecule has 14 heavy (non-hydrogen) atoms. The molecule has 0 bridgehead atoms. The standard InChI is InChI=1S/C12H17IO/c1-3-10(2)8-14-9-11-6-4-5-7-12(11)13/h4-7,10H,3,8-9H2,1-2H3. The normalized spacial score (nSPS) is 12.8. The van der Waals surface area contributed by atoms with Gasteiger partial charge in [0.15, 0.2) is 0 Å². The molecule has 0 radical (unpaired) electrons. The van der Waals surface area contributed by atoms with Gasteiger partial charge in [-0.2, -0.15) is 0 Å². The van der Waals surface area contributed by atoms with E-state index in [1.807, 2.05) is 0 Å². The average Bonchev–Trinajstić information content (AvgIpc) is 2.20. The van der Waals surface area contributed by atoms with E-state index in [1.165, 1.54) is 15.6 Å². The minimum absolute atomic E-state index is 0.663. The van der Waals surface area contributed by atoms with Crippen molar-refractivity contribution in [3.63, 3.8) is 0 Å². The first-order valence-corrected chi connectivity index (χ1v) is 6.13. The summed E-state index contributed by atoms with van der Waals surface area (Å²) in [6.07, 6.45) is 1.19. The van der Waals surface area contributed by atoms with Crippen molar-refractivity contribution in [2.75, 3.05) is 6.61 Å². The van der Waals surface area contributed by atoms with E-state index in [9.17, 15) is 0 Å². The van der Waals surface area contributed by atoms with Gasteiger partial charge < -0.3 is 4.74 Å². The van der Waals surface area contributed by atoms with Crippen molar-refractivity contribution < 1.29 is 4.74 Å². The fourth-order valence-electron chi connectivity index (χ4n) is 1.10. The maximum absolute atomic E-state index is 5.65. The van der Waals surface area contributed by atoms with Crippen molar-refractivity contribution in [3.05, 3.63) is 33.4 Å². The number of halogens is 1. The molecular weight excluding hydrogens is 287 g/mol. The van der Waals surface area contributed by atoms with Gasteiger partial charge in [0.25, 0.3) is 0 Å². The predicted molar refractivity (Wildman–Crippen MR) is 68.3 cm³/mol. The number of benzene rings is 1. The highest BCUT2D eigenvalue weighted by Crippen LogP contribution is 2.13. The first kappa shape index (κ1) is 12.0. The summed E-state index contributed by atoms with van der Waals surface area (Å²) in [4.78, 5) is 0. The Hall–Kier alpha value is -0.0900. The van der Waals surface area contributed by atoms with Crippen LogP contribution in [0.3, 0.4) is 0 Å². The molecule has 0 fully saturated rings. The zero-order chi connectivity index (χ0) is 10.4. The van der Waals surface area contributed by atoms with Crippen molar-refractivity contribution in [2.24, 2.45) is 5.92 Å². The highest BCUT2D eigenvalue weighted by molar-refractivity contribution is 14.1. The van der Waals surface area contributed by atoms with Gasteiger partial charge >= 0.3 is 0 Å². The lowest BCUT2D eigenvalue weighted by Crippen LogP contribution is -2.05. The summed E-state index contributed by atoms with van der Waals surface area (Å²) in [5.41, 5.74) is 1.29. The first-order valence-electron chi connectivity index (χ1n) is 5.05. The van der Waals surface area contributed by atoms with Gasteiger partial charge in [0.05, 0.1) is 6.61 Å². The Bertz CT molecular complexity index is 273. The molecule has 0 heterocycles. The zero-order valence-electron chi connectivity index (χ0n) is 8.79. The molecule has 0 aliphatic heterocycles. The van der Waals surface area contributed by atoms with Gasteiger partial charge in [-0.15, -0.1) is 0 Å². The summed E-state index contributed by atoms with van der Waals surface area (Å²) in [6, 6.07) is 8.35. The van der Waals surface area contributed by atoms with Crippen LogP contribution in [-0.2, 0) is 11.3 Å². The van der Waals surface area contributed by atoms with Crippen LogP contribution in [-0.4, -0.2) is 6.61 Å². The third-order valence-electron chi connectivity index (χ3n) is 2.31. The topological polar surface area (TPSA) is 9.23 Å². The third kappa shape index (κ3) is 3.96. The van der Waals surface area contributed by atoms with Gasteiger partial charge in [-0.05, 0) is 40.1 Å². The number of ether oxygens (including phenoxy) is 1. The van der Waals surface area contributed by atoms with E-state index in [0.29, 0.717) is 5.92 Å². The molecule has 1 rings (SSSR count). The third-order valence-corrected chi connectivity index (χ3v) is 3.37. The predicted octanol–water partition coefficient (Wildman–Crippen LogP) is 3.85. The second-order valence-corrected chi connectivity index (χ2v) is 4.78. The SMILES string of the molecule is CCC(C)COCc1ccccc1I. The smallest absolute Gasteiger partial charge is 0.0727 e. The van der Waals surface area contributed by atoms with Crippen molar-refractivity contribution in [2.45, 2.75) is 26.9 Å². The van der Waals surface area contributed by atoms with Gasteiger partial charge in [-0.3, -0.25) is 0 Å². The van der Waals surface area contributed by atoms with E-state index >= 15 is 0 Å². The molecule has 0 aliphatic carbocycles. The number of rotatable bonds is 5. The van der Waals surface area contributed by atoms with Gasteiger partial charge in [0, 0.05) is 10.2 Å². The lowest BCUT2D eigenvalue weighted by atomic mass is 10.1. The van der Waals surface area contributed by atoms with E-state index in [4.69, 9.17) is 4.74 Å². The molecule has 0 saturated carbocycles. The van der Waals surface area contributed by atoms with Crippen LogP contribution in [0, 0.1) is 9.49 Å². The fraction of sp³-hybridized carbons (Fsp3) is 0.500. The lowest BCUT2D eigenvalue weighted by molar-refractivity contribution is 0.0906. The fourth-order valence-corrected chi connectivity index (χ4v) is 1.65. The van der Waals surface area contributed by atoms with Gasteiger partial charge in [0.2, 0.25) is 0 Å². The monoisotopic (exact) mass is 304 g/mol. The molecule has 0 aromatic heterocycles. The summed E-state index contributed by atoms with van der Waals surface area (Å²) in [7, 11) is 0. The average molecular weight is 304 g/mol. The number of hydrogen-bond acceptors (Lipinski definition) is 1. The Labute approximate surface area is 100.0 Å². The molecule has 1 nitrogen and oxygen atoms in total. The lowest BCUT2D eigenvalue weighted by Gasteiger charge is -2.10. The highest BCUT2D eigenvalue weighted by atomic mass is 127. The molecule has 1 aromatic rings. The Balaban J connectivity index is 2.35. The zero-order valence-corrected chi connectivity index (χ0v) is 11.0. The van der Waals surface area contributed by atoms with Crippen LogP contribution in [0.5, 0.6) is 0 Å². The largest absolute Gasteiger partial charge is 0.376 e. The number of hydrogen-bond donors (Lipinski definition) is 0. The van der Waals surface area contributed by atoms with Crippen LogP contribution >= 0.6 is 22.6 Å². The van der Waals surface area contributed by atoms with Crippen LogP contribution in [0.4, 0.5) is 0 Å². The van der Waals surface area contributed by atoms with Crippen LogP contribution in [0.1, 0.15) is 25.8 Å². The Morgan fingerprint density at radius 1 is 1.36 bits per heavy atom. The Kier molecular flexibility index (Phi) is 5.48. The van der Waals surface area contributed by atoms with Crippen LogP contribution < -0.4 is 0 Å². The van der Waals surface area contributed by atoms with E-state index in [-0.39, 0.29) is 0 Å². The molecule has 0 N–H and O–H groups in total. The molecule has 1 atom stereocenters. The van der Waals surface area contributed by atoms with Crippen LogP contribution in [0.2, 0.25) is 0 Å². The van der Waals surface area contributed by atoms with Crippen molar-refractivity contribution >= 4 is 22.6 Å². The molecular formula is C12H17IO. The summed E-state index contributed by atoms with van der Waals surface area (Å²) >= 11 is 2.35. The molecule has 0 amide bonds. The minimum atomic E-state index is 0.663. The Morgan fingerprint density at radius 3 is 2.71 bits per heavy atom.